The fraction of sp³-hybridized carbons (Fsp3) is 0.462. The average molecular weight is 300 g/mol. The monoisotopic (exact) mass is 300 g/mol. The molecule has 7 heteroatoms. The van der Waals surface area contributed by atoms with Crippen LogP contribution in [0.15, 0.2) is 24.3 Å². The van der Waals surface area contributed by atoms with E-state index in [-0.39, 0.29) is 24.5 Å². The number of rotatable bonds is 9. The van der Waals surface area contributed by atoms with Gasteiger partial charge in [0.1, 0.15) is 12.4 Å². The number of ether oxygens (including phenoxy) is 1. The number of hydrogen-bond acceptors (Lipinski definition) is 5. The summed E-state index contributed by atoms with van der Waals surface area (Å²) >= 11 is 0. The van der Waals surface area contributed by atoms with Crippen molar-refractivity contribution in [2.45, 2.75) is 13.0 Å². The van der Waals surface area contributed by atoms with Crippen LogP contribution in [0, 0.1) is 0 Å². The Balaban J connectivity index is 2.43. The Labute approximate surface area is 119 Å². The summed E-state index contributed by atoms with van der Waals surface area (Å²) in [5.74, 6) is -0.348. The summed E-state index contributed by atoms with van der Waals surface area (Å²) in [6.45, 7) is 0.776. The van der Waals surface area contributed by atoms with Crippen LogP contribution in [-0.4, -0.2) is 39.5 Å². The summed E-state index contributed by atoms with van der Waals surface area (Å²) < 4.78 is 28.6. The molecule has 3 N–H and O–H groups in total. The van der Waals surface area contributed by atoms with Gasteiger partial charge in [0.15, 0.2) is 9.84 Å². The van der Waals surface area contributed by atoms with E-state index in [0.29, 0.717) is 12.3 Å². The minimum Gasteiger partial charge on any atom is -0.493 e. The summed E-state index contributed by atoms with van der Waals surface area (Å²) in [4.78, 5) is 10.6. The van der Waals surface area contributed by atoms with Gasteiger partial charge in [0.25, 0.3) is 0 Å². The van der Waals surface area contributed by atoms with Gasteiger partial charge in [0.05, 0.1) is 11.5 Å². The number of nitrogens with two attached hydrogens (primary N) is 1. The van der Waals surface area contributed by atoms with E-state index < -0.39 is 15.7 Å². The van der Waals surface area contributed by atoms with Gasteiger partial charge < -0.3 is 15.8 Å². The topological polar surface area (TPSA) is 98.5 Å². The zero-order valence-corrected chi connectivity index (χ0v) is 12.3. The number of hydrogen-bond donors (Lipinski definition) is 2. The molecule has 0 atom stereocenters. The molecule has 0 saturated heterocycles. The van der Waals surface area contributed by atoms with E-state index in [4.69, 9.17) is 10.5 Å². The summed E-state index contributed by atoms with van der Waals surface area (Å²) in [5, 5.41) is 3.02. The summed E-state index contributed by atoms with van der Waals surface area (Å²) in [7, 11) is -1.46. The fourth-order valence-electron chi connectivity index (χ4n) is 1.59. The van der Waals surface area contributed by atoms with Gasteiger partial charge in [-0.05, 0) is 24.7 Å². The van der Waals surface area contributed by atoms with Crippen molar-refractivity contribution in [1.29, 1.82) is 0 Å². The molecule has 0 fully saturated rings. The molecule has 112 valence electrons. The van der Waals surface area contributed by atoms with E-state index in [1.54, 1.807) is 6.07 Å². The fourth-order valence-corrected chi connectivity index (χ4v) is 2.65. The number of nitrogens with one attached hydrogen (secondary N) is 1. The number of sulfone groups is 1. The van der Waals surface area contributed by atoms with Crippen LogP contribution in [0.5, 0.6) is 5.75 Å². The predicted molar refractivity (Wildman–Crippen MR) is 77.2 cm³/mol. The molecule has 6 nitrogen and oxygen atoms in total. The maximum Gasteiger partial charge on any atom is 0.218 e. The summed E-state index contributed by atoms with van der Waals surface area (Å²) in [6.07, 6.45) is -0.153. The third kappa shape index (κ3) is 6.53. The Morgan fingerprint density at radius 3 is 2.75 bits per heavy atom. The van der Waals surface area contributed by atoms with E-state index in [1.807, 2.05) is 25.2 Å². The maximum absolute atomic E-state index is 11.6. The molecule has 1 aromatic rings. The Morgan fingerprint density at radius 2 is 2.10 bits per heavy atom. The van der Waals surface area contributed by atoms with Crippen LogP contribution in [0.1, 0.15) is 12.0 Å². The number of carbonyl (C=O) groups is 1. The average Bonchev–Trinajstić information content (AvgIpc) is 2.37. The molecule has 0 aliphatic rings. The first-order chi connectivity index (χ1) is 9.43. The summed E-state index contributed by atoms with van der Waals surface area (Å²) in [6, 6.07) is 7.43. The van der Waals surface area contributed by atoms with Gasteiger partial charge in [-0.1, -0.05) is 12.1 Å². The molecule has 0 heterocycles. The van der Waals surface area contributed by atoms with Gasteiger partial charge in [0.2, 0.25) is 5.91 Å². The van der Waals surface area contributed by atoms with Crippen LogP contribution in [0.3, 0.4) is 0 Å². The van der Waals surface area contributed by atoms with Crippen LogP contribution in [-0.2, 0) is 21.2 Å². The van der Waals surface area contributed by atoms with Crippen molar-refractivity contribution in [2.75, 3.05) is 25.2 Å². The van der Waals surface area contributed by atoms with Crippen LogP contribution in [0.25, 0.3) is 0 Å². The second kappa shape index (κ2) is 7.86. The lowest BCUT2D eigenvalue weighted by molar-refractivity contribution is -0.117. The van der Waals surface area contributed by atoms with E-state index in [2.05, 4.69) is 5.32 Å². The van der Waals surface area contributed by atoms with Crippen molar-refractivity contribution in [3.05, 3.63) is 29.8 Å². The van der Waals surface area contributed by atoms with Crippen molar-refractivity contribution in [2.24, 2.45) is 5.73 Å². The lowest BCUT2D eigenvalue weighted by atomic mass is 10.2. The van der Waals surface area contributed by atoms with E-state index in [9.17, 15) is 13.2 Å². The highest BCUT2D eigenvalue weighted by molar-refractivity contribution is 7.91. The first-order valence-electron chi connectivity index (χ1n) is 6.28. The second-order valence-corrected chi connectivity index (χ2v) is 6.70. The molecule has 1 rings (SSSR count). The van der Waals surface area contributed by atoms with Crippen LogP contribution in [0.2, 0.25) is 0 Å². The lowest BCUT2D eigenvalue weighted by Gasteiger charge is -2.08. The normalized spacial score (nSPS) is 11.2. The Kier molecular flexibility index (Phi) is 6.47. The molecule has 0 bridgehead atoms. The second-order valence-electron chi connectivity index (χ2n) is 4.39. The Bertz CT molecular complexity index is 543. The Morgan fingerprint density at radius 1 is 1.35 bits per heavy atom. The number of benzene rings is 1. The van der Waals surface area contributed by atoms with E-state index in [0.717, 1.165) is 5.56 Å². The molecular formula is C13H20N2O4S. The Hall–Kier alpha value is -1.60. The summed E-state index contributed by atoms with van der Waals surface area (Å²) in [5.41, 5.74) is 5.98. The number of carbonyl (C=O) groups excluding carboxylic acids is 1. The molecule has 0 aliphatic carbocycles. The lowest BCUT2D eigenvalue weighted by Crippen LogP contribution is -2.21. The van der Waals surface area contributed by atoms with Gasteiger partial charge in [-0.15, -0.1) is 0 Å². The first-order valence-corrected chi connectivity index (χ1v) is 8.10. The van der Waals surface area contributed by atoms with Gasteiger partial charge in [-0.3, -0.25) is 4.79 Å². The van der Waals surface area contributed by atoms with Gasteiger partial charge >= 0.3 is 0 Å². The van der Waals surface area contributed by atoms with Gasteiger partial charge in [-0.2, -0.15) is 0 Å². The van der Waals surface area contributed by atoms with Gasteiger partial charge in [-0.25, -0.2) is 8.42 Å². The van der Waals surface area contributed by atoms with Crippen molar-refractivity contribution < 1.29 is 17.9 Å². The standard InChI is InChI=1S/C13H20N2O4S/c1-15-10-11-3-2-4-12(9-11)19-6-8-20(17,18)7-5-13(14)16/h2-4,9,15H,5-8,10H2,1H3,(H2,14,16). The molecule has 0 radical (unpaired) electrons. The molecule has 0 aromatic heterocycles. The third-order valence-corrected chi connectivity index (χ3v) is 4.22. The molecule has 0 unspecified atom stereocenters. The van der Waals surface area contributed by atoms with Crippen molar-refractivity contribution in [3.8, 4) is 5.75 Å². The van der Waals surface area contributed by atoms with Crippen molar-refractivity contribution in [3.63, 3.8) is 0 Å². The quantitative estimate of drug-likeness (QED) is 0.672. The zero-order valence-electron chi connectivity index (χ0n) is 11.5. The molecular weight excluding hydrogens is 280 g/mol. The smallest absolute Gasteiger partial charge is 0.218 e. The highest BCUT2D eigenvalue weighted by atomic mass is 32.2. The van der Waals surface area contributed by atoms with Crippen molar-refractivity contribution in [1.82, 2.24) is 5.32 Å². The highest BCUT2D eigenvalue weighted by Crippen LogP contribution is 2.13. The third-order valence-electron chi connectivity index (χ3n) is 2.60. The van der Waals surface area contributed by atoms with Crippen LogP contribution >= 0.6 is 0 Å². The minimum absolute atomic E-state index is 0.0596. The predicted octanol–water partition coefficient (Wildman–Crippen LogP) is 0.0750. The van der Waals surface area contributed by atoms with Crippen LogP contribution < -0.4 is 15.8 Å². The minimum atomic E-state index is -3.31. The molecule has 0 spiro atoms. The highest BCUT2D eigenvalue weighted by Gasteiger charge is 2.12. The largest absolute Gasteiger partial charge is 0.493 e. The van der Waals surface area contributed by atoms with E-state index in [1.165, 1.54) is 0 Å². The van der Waals surface area contributed by atoms with Crippen LogP contribution in [0.4, 0.5) is 0 Å². The van der Waals surface area contributed by atoms with E-state index >= 15 is 0 Å². The molecule has 1 amide bonds. The maximum atomic E-state index is 11.6. The first kappa shape index (κ1) is 16.5. The zero-order chi connectivity index (χ0) is 15.0. The SMILES string of the molecule is CNCc1cccc(OCCS(=O)(=O)CCC(N)=O)c1. The molecule has 0 aliphatic heterocycles. The van der Waals surface area contributed by atoms with Crippen molar-refractivity contribution >= 4 is 15.7 Å². The molecule has 1 aromatic carbocycles. The number of amides is 1. The number of primary amides is 1. The molecule has 0 saturated carbocycles. The molecule has 20 heavy (non-hydrogen) atoms. The van der Waals surface area contributed by atoms with Gasteiger partial charge in [0, 0.05) is 13.0 Å².